The molecule has 6 rings (SSSR count). The van der Waals surface area contributed by atoms with Gasteiger partial charge in [0.05, 0.1) is 5.69 Å². The molecule has 0 spiro atoms. The lowest BCUT2D eigenvalue weighted by molar-refractivity contribution is -0.126. The first-order valence-corrected chi connectivity index (χ1v) is 12.6. The molecule has 2 fully saturated rings. The SMILES string of the molecule is C=CC(=O)N1CCC2CC(n3c(=O)n(-c4ccc(C(=O)Nc5ccccc5)cc4)c4c(N)ncnc43)CC21. The summed E-state index contributed by atoms with van der Waals surface area (Å²) in [6.45, 7) is 4.34. The molecule has 1 aliphatic carbocycles. The lowest BCUT2D eigenvalue weighted by Gasteiger charge is -2.23. The van der Waals surface area contributed by atoms with Gasteiger partial charge in [0.15, 0.2) is 11.5 Å². The summed E-state index contributed by atoms with van der Waals surface area (Å²) in [5.41, 5.74) is 8.57. The van der Waals surface area contributed by atoms with Crippen LogP contribution >= 0.6 is 0 Å². The molecule has 0 radical (unpaired) electrons. The predicted octanol–water partition coefficient (Wildman–Crippen LogP) is 3.15. The van der Waals surface area contributed by atoms with Crippen molar-refractivity contribution < 1.29 is 9.59 Å². The van der Waals surface area contributed by atoms with Gasteiger partial charge >= 0.3 is 5.69 Å². The molecular weight excluding hydrogens is 482 g/mol. The maximum atomic E-state index is 13.9. The van der Waals surface area contributed by atoms with Gasteiger partial charge in [0.1, 0.15) is 11.8 Å². The molecule has 2 aliphatic rings. The molecule has 38 heavy (non-hydrogen) atoms. The van der Waals surface area contributed by atoms with Crippen molar-refractivity contribution in [2.45, 2.75) is 31.3 Å². The maximum absolute atomic E-state index is 13.9. The molecule has 10 nitrogen and oxygen atoms in total. The lowest BCUT2D eigenvalue weighted by Crippen LogP contribution is -2.35. The number of amides is 2. The molecule has 3 unspecified atom stereocenters. The van der Waals surface area contributed by atoms with E-state index in [1.54, 1.807) is 28.8 Å². The van der Waals surface area contributed by atoms with Crippen molar-refractivity contribution in [1.82, 2.24) is 24.0 Å². The van der Waals surface area contributed by atoms with E-state index < -0.39 is 0 Å². The third-order valence-corrected chi connectivity index (χ3v) is 7.70. The average molecular weight is 510 g/mol. The summed E-state index contributed by atoms with van der Waals surface area (Å²) in [6, 6.07) is 15.9. The van der Waals surface area contributed by atoms with E-state index in [9.17, 15) is 14.4 Å². The van der Waals surface area contributed by atoms with E-state index in [-0.39, 0.29) is 35.4 Å². The number of hydrogen-bond acceptors (Lipinski definition) is 6. The number of rotatable bonds is 5. The van der Waals surface area contributed by atoms with Gasteiger partial charge in [-0.25, -0.2) is 14.8 Å². The van der Waals surface area contributed by atoms with Crippen molar-refractivity contribution in [2.24, 2.45) is 5.92 Å². The van der Waals surface area contributed by atoms with Gasteiger partial charge in [-0.05, 0) is 67.7 Å². The van der Waals surface area contributed by atoms with Crippen LogP contribution in [0.1, 0.15) is 35.7 Å². The highest BCUT2D eigenvalue weighted by Crippen LogP contribution is 2.44. The lowest BCUT2D eigenvalue weighted by atomic mass is 10.0. The molecular formula is C28H27N7O3. The summed E-state index contributed by atoms with van der Waals surface area (Å²) in [5.74, 6) is 0.182. The van der Waals surface area contributed by atoms with Gasteiger partial charge in [-0.3, -0.25) is 18.7 Å². The summed E-state index contributed by atoms with van der Waals surface area (Å²) in [7, 11) is 0. The van der Waals surface area contributed by atoms with E-state index in [0.717, 1.165) is 12.8 Å². The van der Waals surface area contributed by atoms with Gasteiger partial charge in [0.25, 0.3) is 5.91 Å². The number of anilines is 2. The van der Waals surface area contributed by atoms with Gasteiger partial charge < -0.3 is 16.0 Å². The second kappa shape index (κ2) is 9.29. The quantitative estimate of drug-likeness (QED) is 0.398. The number of nitrogens with two attached hydrogens (primary N) is 1. The predicted molar refractivity (Wildman–Crippen MR) is 144 cm³/mol. The fraction of sp³-hybridized carbons (Fsp3) is 0.250. The van der Waals surface area contributed by atoms with Crippen LogP contribution in [0.3, 0.4) is 0 Å². The first-order valence-electron chi connectivity index (χ1n) is 12.6. The van der Waals surface area contributed by atoms with Gasteiger partial charge in [0, 0.05) is 29.9 Å². The smallest absolute Gasteiger partial charge is 0.335 e. The fourth-order valence-corrected chi connectivity index (χ4v) is 5.96. The maximum Gasteiger partial charge on any atom is 0.335 e. The minimum absolute atomic E-state index is 0.0670. The number of fused-ring (bicyclic) bond motifs is 2. The van der Waals surface area contributed by atoms with Crippen LogP contribution in [0.5, 0.6) is 0 Å². The standard InChI is InChI=1S/C28H27N7O3/c1-2-23(36)33-13-12-18-14-21(15-22(18)33)35-26-24(25(29)30-16-31-26)34(28(35)38)20-10-8-17(9-11-20)27(37)32-19-6-4-3-5-7-19/h2-11,16,18,21-22H,1,12-15H2,(H,32,37)(H2,29,30,31). The second-order valence-corrected chi connectivity index (χ2v) is 9.76. The summed E-state index contributed by atoms with van der Waals surface area (Å²) in [4.78, 5) is 49.4. The Kier molecular flexibility index (Phi) is 5.79. The highest BCUT2D eigenvalue weighted by Gasteiger charge is 2.45. The van der Waals surface area contributed by atoms with Crippen molar-refractivity contribution in [2.75, 3.05) is 17.6 Å². The number of benzene rings is 2. The van der Waals surface area contributed by atoms with Crippen molar-refractivity contribution >= 4 is 34.5 Å². The normalized spacial score (nSPS) is 20.4. The summed E-state index contributed by atoms with van der Waals surface area (Å²) >= 11 is 0. The molecule has 3 atom stereocenters. The summed E-state index contributed by atoms with van der Waals surface area (Å²) in [6.07, 6.45) is 5.04. The Morgan fingerprint density at radius 2 is 1.82 bits per heavy atom. The van der Waals surface area contributed by atoms with Crippen molar-refractivity contribution in [1.29, 1.82) is 0 Å². The zero-order valence-corrected chi connectivity index (χ0v) is 20.7. The van der Waals surface area contributed by atoms with Crippen molar-refractivity contribution in [3.8, 4) is 5.69 Å². The van der Waals surface area contributed by atoms with Crippen LogP contribution in [-0.4, -0.2) is 48.4 Å². The fourth-order valence-electron chi connectivity index (χ4n) is 5.96. The monoisotopic (exact) mass is 509 g/mol. The summed E-state index contributed by atoms with van der Waals surface area (Å²) in [5, 5.41) is 2.86. The van der Waals surface area contributed by atoms with E-state index in [0.29, 0.717) is 47.0 Å². The Morgan fingerprint density at radius 1 is 1.05 bits per heavy atom. The van der Waals surface area contributed by atoms with Crippen LogP contribution in [-0.2, 0) is 4.79 Å². The molecule has 1 aliphatic heterocycles. The van der Waals surface area contributed by atoms with E-state index in [1.165, 1.54) is 17.0 Å². The Hall–Kier alpha value is -4.73. The minimum Gasteiger partial charge on any atom is -0.382 e. The molecule has 3 N–H and O–H groups in total. The molecule has 4 aromatic rings. The number of carbonyl (C=O) groups excluding carboxylic acids is 2. The summed E-state index contributed by atoms with van der Waals surface area (Å²) < 4.78 is 3.20. The molecule has 2 amide bonds. The van der Waals surface area contributed by atoms with Crippen LogP contribution in [0, 0.1) is 5.92 Å². The van der Waals surface area contributed by atoms with Crippen molar-refractivity contribution in [3.63, 3.8) is 0 Å². The van der Waals surface area contributed by atoms with Crippen molar-refractivity contribution in [3.05, 3.63) is 89.6 Å². The molecule has 2 aromatic heterocycles. The molecule has 3 heterocycles. The van der Waals surface area contributed by atoms with Crippen LogP contribution in [0.15, 0.2) is 78.4 Å². The van der Waals surface area contributed by atoms with Crippen LogP contribution in [0.4, 0.5) is 11.5 Å². The van der Waals surface area contributed by atoms with Gasteiger partial charge in [-0.15, -0.1) is 0 Å². The number of carbonyl (C=O) groups is 2. The molecule has 1 saturated heterocycles. The number of nitrogen functional groups attached to an aromatic ring is 1. The van der Waals surface area contributed by atoms with Crippen LogP contribution < -0.4 is 16.7 Å². The third-order valence-electron chi connectivity index (χ3n) is 7.70. The van der Waals surface area contributed by atoms with Gasteiger partial charge in [-0.1, -0.05) is 24.8 Å². The number of likely N-dealkylation sites (tertiary alicyclic amines) is 1. The van der Waals surface area contributed by atoms with E-state index >= 15 is 0 Å². The first-order chi connectivity index (χ1) is 18.5. The number of aromatic nitrogens is 4. The van der Waals surface area contributed by atoms with E-state index in [2.05, 4.69) is 21.9 Å². The zero-order chi connectivity index (χ0) is 26.4. The topological polar surface area (TPSA) is 128 Å². The van der Waals surface area contributed by atoms with Gasteiger partial charge in [0.2, 0.25) is 5.91 Å². The average Bonchev–Trinajstić information content (AvgIpc) is 3.60. The first kappa shape index (κ1) is 23.7. The number of hydrogen-bond donors (Lipinski definition) is 2. The Balaban J connectivity index is 1.35. The largest absolute Gasteiger partial charge is 0.382 e. The van der Waals surface area contributed by atoms with Crippen LogP contribution in [0.25, 0.3) is 16.9 Å². The number of nitrogens with one attached hydrogen (secondary N) is 1. The molecule has 2 aromatic carbocycles. The van der Waals surface area contributed by atoms with Crippen LogP contribution in [0.2, 0.25) is 0 Å². The molecule has 1 saturated carbocycles. The number of imidazole rings is 1. The highest BCUT2D eigenvalue weighted by atomic mass is 16.2. The molecule has 10 heteroatoms. The Labute approximate surface area is 218 Å². The van der Waals surface area contributed by atoms with E-state index in [4.69, 9.17) is 5.73 Å². The van der Waals surface area contributed by atoms with Gasteiger partial charge in [-0.2, -0.15) is 0 Å². The molecule has 192 valence electrons. The minimum atomic E-state index is -0.278. The molecule has 0 bridgehead atoms. The zero-order valence-electron chi connectivity index (χ0n) is 20.7. The Morgan fingerprint density at radius 3 is 2.55 bits per heavy atom. The highest BCUT2D eigenvalue weighted by molar-refractivity contribution is 6.04. The third kappa shape index (κ3) is 3.85. The van der Waals surface area contributed by atoms with E-state index in [1.807, 2.05) is 35.2 Å². The Bertz CT molecular complexity index is 1610. The number of para-hydroxylation sites is 1. The number of nitrogens with zero attached hydrogens (tertiary/aromatic N) is 5. The second-order valence-electron chi connectivity index (χ2n) is 9.76.